The first-order valence-electron chi connectivity index (χ1n) is 15.1. The Morgan fingerprint density at radius 2 is 1.41 bits per heavy atom. The zero-order valence-corrected chi connectivity index (χ0v) is 24.9. The van der Waals surface area contributed by atoms with Crippen LogP contribution in [0.15, 0.2) is 23.3 Å². The molecule has 0 spiro atoms. The highest BCUT2D eigenvalue weighted by atomic mass is 15.1. The van der Waals surface area contributed by atoms with Crippen LogP contribution >= 0.6 is 0 Å². The van der Waals surface area contributed by atoms with Crippen LogP contribution in [0.5, 0.6) is 0 Å². The van der Waals surface area contributed by atoms with Crippen molar-refractivity contribution < 1.29 is 0 Å². The fourth-order valence-corrected chi connectivity index (χ4v) is 4.51. The number of rotatable bonds is 17. The Labute approximate surface area is 229 Å². The van der Waals surface area contributed by atoms with Crippen LogP contribution in [-0.4, -0.2) is 128 Å². The standard InChI is InChI=1S/C29H62N8/c1-5-36(23-8-16-33-20-18-31-13-6-12-30-4)26-28(2)10-11-29(3)27-37-24-9-17-34-21-19-32-14-7-15-35-22-25-37/h10-11,30-35H,5-9,12-27H2,1-4H3. The zero-order valence-electron chi connectivity index (χ0n) is 24.9. The normalized spacial score (nSPS) is 18.3. The minimum absolute atomic E-state index is 1.05. The van der Waals surface area contributed by atoms with Crippen molar-refractivity contribution in [2.24, 2.45) is 0 Å². The lowest BCUT2D eigenvalue weighted by Crippen LogP contribution is -2.37. The molecule has 0 radical (unpaired) electrons. The van der Waals surface area contributed by atoms with Gasteiger partial charge in [-0.15, -0.1) is 0 Å². The first-order valence-corrected chi connectivity index (χ1v) is 15.1. The second-order valence-corrected chi connectivity index (χ2v) is 10.4. The Kier molecular flexibility index (Phi) is 23.5. The van der Waals surface area contributed by atoms with Crippen molar-refractivity contribution in [2.45, 2.75) is 46.5 Å². The number of hydrogen-bond donors (Lipinski definition) is 6. The van der Waals surface area contributed by atoms with E-state index in [9.17, 15) is 0 Å². The predicted molar refractivity (Wildman–Crippen MR) is 163 cm³/mol. The average molecular weight is 523 g/mol. The molecule has 218 valence electrons. The van der Waals surface area contributed by atoms with Crippen LogP contribution in [0.1, 0.15) is 46.5 Å². The largest absolute Gasteiger partial charge is 0.320 e. The van der Waals surface area contributed by atoms with E-state index in [-0.39, 0.29) is 0 Å². The smallest absolute Gasteiger partial charge is 0.0193 e. The van der Waals surface area contributed by atoms with Crippen LogP contribution in [0.2, 0.25) is 0 Å². The van der Waals surface area contributed by atoms with Gasteiger partial charge in [-0.3, -0.25) is 9.80 Å². The molecular formula is C29H62N8. The summed E-state index contributed by atoms with van der Waals surface area (Å²) in [5.74, 6) is 0. The molecule has 1 rings (SSSR count). The monoisotopic (exact) mass is 523 g/mol. The number of hydrogen-bond acceptors (Lipinski definition) is 8. The van der Waals surface area contributed by atoms with E-state index in [0.717, 1.165) is 111 Å². The minimum atomic E-state index is 1.05. The van der Waals surface area contributed by atoms with Gasteiger partial charge >= 0.3 is 0 Å². The van der Waals surface area contributed by atoms with E-state index in [1.165, 1.54) is 36.8 Å². The maximum atomic E-state index is 3.62. The van der Waals surface area contributed by atoms with Gasteiger partial charge in [0.05, 0.1) is 0 Å². The molecule has 0 bridgehead atoms. The number of nitrogens with one attached hydrogen (secondary N) is 6. The maximum Gasteiger partial charge on any atom is 0.0193 e. The van der Waals surface area contributed by atoms with Gasteiger partial charge in [0, 0.05) is 52.4 Å². The summed E-state index contributed by atoms with van der Waals surface area (Å²) in [5.41, 5.74) is 2.89. The Bertz CT molecular complexity index is 552. The zero-order chi connectivity index (χ0) is 26.8. The highest BCUT2D eigenvalue weighted by molar-refractivity contribution is 5.17. The summed E-state index contributed by atoms with van der Waals surface area (Å²) in [6.45, 7) is 25.4. The fourth-order valence-electron chi connectivity index (χ4n) is 4.51. The van der Waals surface area contributed by atoms with Gasteiger partial charge in [-0.2, -0.15) is 0 Å². The molecule has 0 amide bonds. The molecule has 37 heavy (non-hydrogen) atoms. The van der Waals surface area contributed by atoms with E-state index in [1.807, 2.05) is 7.05 Å². The van der Waals surface area contributed by atoms with Crippen LogP contribution < -0.4 is 31.9 Å². The summed E-state index contributed by atoms with van der Waals surface area (Å²) >= 11 is 0. The van der Waals surface area contributed by atoms with Gasteiger partial charge in [0.15, 0.2) is 0 Å². The fraction of sp³-hybridized carbons (Fsp3) is 0.862. The molecule has 0 aromatic rings. The third kappa shape index (κ3) is 21.8. The van der Waals surface area contributed by atoms with Gasteiger partial charge in [0.1, 0.15) is 0 Å². The van der Waals surface area contributed by atoms with Gasteiger partial charge in [-0.25, -0.2) is 0 Å². The lowest BCUT2D eigenvalue weighted by molar-refractivity contribution is 0.288. The van der Waals surface area contributed by atoms with Crippen LogP contribution in [-0.2, 0) is 0 Å². The van der Waals surface area contributed by atoms with Crippen LogP contribution in [0.4, 0.5) is 0 Å². The second-order valence-electron chi connectivity index (χ2n) is 10.4. The molecule has 0 saturated carbocycles. The van der Waals surface area contributed by atoms with Crippen molar-refractivity contribution in [3.05, 3.63) is 23.3 Å². The third-order valence-electron chi connectivity index (χ3n) is 6.75. The minimum Gasteiger partial charge on any atom is -0.320 e. The first kappa shape index (κ1) is 34.2. The number of nitrogens with zero attached hydrogens (tertiary/aromatic N) is 2. The van der Waals surface area contributed by atoms with Crippen molar-refractivity contribution in [1.82, 2.24) is 41.7 Å². The molecule has 1 heterocycles. The van der Waals surface area contributed by atoms with E-state index in [2.05, 4.69) is 74.6 Å². The SMILES string of the molecule is CCN(CCCNCCNCCCNC)CC(C)=CC=C(C)CN1CCCNCCNCCCNCC1. The predicted octanol–water partition coefficient (Wildman–Crippen LogP) is 1.24. The Balaban J connectivity index is 2.30. The first-order chi connectivity index (χ1) is 18.2. The molecule has 8 heteroatoms. The van der Waals surface area contributed by atoms with Crippen molar-refractivity contribution in [3.8, 4) is 0 Å². The number of likely N-dealkylation sites (N-methyl/N-ethyl adjacent to an activating group) is 1. The summed E-state index contributed by atoms with van der Waals surface area (Å²) in [5, 5.41) is 20.9. The Hall–Kier alpha value is -0.840. The maximum absolute atomic E-state index is 3.62. The molecule has 0 aliphatic carbocycles. The van der Waals surface area contributed by atoms with Crippen molar-refractivity contribution >= 4 is 0 Å². The molecule has 1 aliphatic rings. The molecule has 1 aliphatic heterocycles. The summed E-state index contributed by atoms with van der Waals surface area (Å²) in [7, 11) is 2.01. The van der Waals surface area contributed by atoms with Gasteiger partial charge in [-0.1, -0.05) is 30.2 Å². The van der Waals surface area contributed by atoms with E-state index in [4.69, 9.17) is 0 Å². The molecule has 8 nitrogen and oxygen atoms in total. The van der Waals surface area contributed by atoms with E-state index in [1.54, 1.807) is 0 Å². The van der Waals surface area contributed by atoms with Crippen molar-refractivity contribution in [1.29, 1.82) is 0 Å². The summed E-state index contributed by atoms with van der Waals surface area (Å²) < 4.78 is 0. The summed E-state index contributed by atoms with van der Waals surface area (Å²) in [6.07, 6.45) is 9.47. The van der Waals surface area contributed by atoms with E-state index in [0.29, 0.717) is 0 Å². The highest BCUT2D eigenvalue weighted by Gasteiger charge is 2.07. The van der Waals surface area contributed by atoms with Gasteiger partial charge in [-0.05, 0) is 105 Å². The Morgan fingerprint density at radius 3 is 2.11 bits per heavy atom. The van der Waals surface area contributed by atoms with Crippen molar-refractivity contribution in [3.63, 3.8) is 0 Å². The second kappa shape index (κ2) is 25.4. The lowest BCUT2D eigenvalue weighted by atomic mass is 10.2. The van der Waals surface area contributed by atoms with Gasteiger partial charge in [0.25, 0.3) is 0 Å². The highest BCUT2D eigenvalue weighted by Crippen LogP contribution is 2.05. The molecular weight excluding hydrogens is 460 g/mol. The topological polar surface area (TPSA) is 78.7 Å². The average Bonchev–Trinajstić information content (AvgIpc) is 2.90. The van der Waals surface area contributed by atoms with Crippen molar-refractivity contribution in [2.75, 3.05) is 118 Å². The molecule has 0 aromatic heterocycles. The quantitative estimate of drug-likeness (QED) is 0.126. The van der Waals surface area contributed by atoms with Crippen LogP contribution in [0, 0.1) is 0 Å². The molecule has 0 unspecified atom stereocenters. The lowest BCUT2D eigenvalue weighted by Gasteiger charge is -2.23. The van der Waals surface area contributed by atoms with Gasteiger partial charge < -0.3 is 31.9 Å². The molecule has 0 aromatic carbocycles. The van der Waals surface area contributed by atoms with Gasteiger partial charge in [0.2, 0.25) is 0 Å². The molecule has 6 N–H and O–H groups in total. The summed E-state index contributed by atoms with van der Waals surface area (Å²) in [4.78, 5) is 5.17. The van der Waals surface area contributed by atoms with Crippen LogP contribution in [0.3, 0.4) is 0 Å². The summed E-state index contributed by atoms with van der Waals surface area (Å²) in [6, 6.07) is 0. The molecule has 1 saturated heterocycles. The molecule has 1 fully saturated rings. The van der Waals surface area contributed by atoms with Crippen LogP contribution in [0.25, 0.3) is 0 Å². The third-order valence-corrected chi connectivity index (χ3v) is 6.75. The van der Waals surface area contributed by atoms with E-state index < -0.39 is 0 Å². The van der Waals surface area contributed by atoms with E-state index >= 15 is 0 Å². The molecule has 0 atom stereocenters. The number of allylic oxidation sites excluding steroid dienone is 2. The Morgan fingerprint density at radius 1 is 0.757 bits per heavy atom.